The third kappa shape index (κ3) is 4.19. The number of carbonyl (C=O) groups is 1. The first-order valence-electron chi connectivity index (χ1n) is 10.6. The fourth-order valence-electron chi connectivity index (χ4n) is 4.09. The molecule has 0 saturated carbocycles. The van der Waals surface area contributed by atoms with Crippen LogP contribution in [0.4, 0.5) is 4.39 Å². The molecule has 0 unspecified atom stereocenters. The summed E-state index contributed by atoms with van der Waals surface area (Å²) < 4.78 is 21.6. The molecule has 0 bridgehead atoms. The monoisotopic (exact) mass is 468 g/mol. The number of carbonyl (C=O) groups excluding carboxylic acids is 1. The van der Waals surface area contributed by atoms with E-state index in [1.165, 1.54) is 32.6 Å². The van der Waals surface area contributed by atoms with Gasteiger partial charge in [-0.15, -0.1) is 11.3 Å². The number of amides is 1. The minimum Gasteiger partial charge on any atom is -0.376 e. The number of ether oxygens (including phenoxy) is 1. The molecule has 33 heavy (non-hydrogen) atoms. The van der Waals surface area contributed by atoms with Gasteiger partial charge in [0.2, 0.25) is 5.91 Å². The van der Waals surface area contributed by atoms with Gasteiger partial charge in [-0.3, -0.25) is 18.7 Å². The minimum absolute atomic E-state index is 0.145. The Morgan fingerprint density at radius 2 is 2.03 bits per heavy atom. The molecule has 1 aromatic carbocycles. The zero-order chi connectivity index (χ0) is 22.9. The summed E-state index contributed by atoms with van der Waals surface area (Å²) in [5.74, 6) is -0.751. The molecule has 0 aliphatic carbocycles. The third-order valence-electron chi connectivity index (χ3n) is 5.73. The number of pyridine rings is 1. The van der Waals surface area contributed by atoms with Crippen molar-refractivity contribution in [1.29, 1.82) is 0 Å². The summed E-state index contributed by atoms with van der Waals surface area (Å²) in [6.07, 6.45) is 3.08. The first-order valence-corrected chi connectivity index (χ1v) is 11.5. The van der Waals surface area contributed by atoms with Gasteiger partial charge in [0, 0.05) is 24.7 Å². The normalized spacial score (nSPS) is 16.0. The van der Waals surface area contributed by atoms with Crippen LogP contribution in [0.3, 0.4) is 0 Å². The van der Waals surface area contributed by atoms with Gasteiger partial charge in [0.1, 0.15) is 21.9 Å². The number of benzene rings is 1. The highest BCUT2D eigenvalue weighted by molar-refractivity contribution is 7.25. The molecule has 4 aromatic rings. The van der Waals surface area contributed by atoms with E-state index in [2.05, 4.69) is 10.3 Å². The van der Waals surface area contributed by atoms with E-state index in [4.69, 9.17) is 4.74 Å². The molecule has 5 rings (SSSR count). The first kappa shape index (κ1) is 21.5. The molecule has 0 spiro atoms. The minimum atomic E-state index is -0.552. The quantitative estimate of drug-likeness (QED) is 0.469. The second-order valence-corrected chi connectivity index (χ2v) is 8.96. The van der Waals surface area contributed by atoms with Gasteiger partial charge in [-0.25, -0.2) is 14.2 Å². The van der Waals surface area contributed by atoms with E-state index < -0.39 is 17.2 Å². The van der Waals surface area contributed by atoms with Crippen LogP contribution in [-0.4, -0.2) is 32.7 Å². The predicted molar refractivity (Wildman–Crippen MR) is 123 cm³/mol. The fraction of sp³-hybridized carbons (Fsp3) is 0.304. The summed E-state index contributed by atoms with van der Waals surface area (Å²) in [5, 5.41) is 3.42. The number of hydrogen-bond donors (Lipinski definition) is 1. The molecule has 3 aromatic heterocycles. The maximum absolute atomic E-state index is 13.4. The van der Waals surface area contributed by atoms with Crippen LogP contribution in [-0.2, 0) is 29.2 Å². The van der Waals surface area contributed by atoms with E-state index in [0.717, 1.165) is 18.4 Å². The van der Waals surface area contributed by atoms with E-state index in [0.29, 0.717) is 27.0 Å². The number of nitrogens with one attached hydrogen (secondary N) is 1. The van der Waals surface area contributed by atoms with Crippen molar-refractivity contribution in [3.8, 4) is 0 Å². The van der Waals surface area contributed by atoms with Crippen LogP contribution in [0, 0.1) is 5.82 Å². The molecule has 1 atom stereocenters. The number of aromatic nitrogens is 3. The predicted octanol–water partition coefficient (Wildman–Crippen LogP) is 2.41. The maximum Gasteiger partial charge on any atom is 0.332 e. The van der Waals surface area contributed by atoms with E-state index >= 15 is 0 Å². The van der Waals surface area contributed by atoms with Crippen LogP contribution < -0.4 is 16.6 Å². The molecule has 1 N–H and O–H groups in total. The number of halogens is 1. The summed E-state index contributed by atoms with van der Waals surface area (Å²) >= 11 is 1.21. The van der Waals surface area contributed by atoms with Crippen LogP contribution in [0.5, 0.6) is 0 Å². The molecular weight excluding hydrogens is 447 g/mol. The highest BCUT2D eigenvalue weighted by Gasteiger charge is 2.23. The van der Waals surface area contributed by atoms with E-state index in [9.17, 15) is 18.8 Å². The van der Waals surface area contributed by atoms with Gasteiger partial charge in [0.15, 0.2) is 0 Å². The Morgan fingerprint density at radius 1 is 1.21 bits per heavy atom. The van der Waals surface area contributed by atoms with E-state index in [-0.39, 0.29) is 31.6 Å². The van der Waals surface area contributed by atoms with Gasteiger partial charge in [0.25, 0.3) is 5.56 Å². The second-order valence-electron chi connectivity index (χ2n) is 7.96. The number of hydrogen-bond acceptors (Lipinski definition) is 6. The van der Waals surface area contributed by atoms with Crippen LogP contribution in [0.15, 0.2) is 52.2 Å². The molecular formula is C23H21FN4O4S. The molecule has 1 amide bonds. The summed E-state index contributed by atoms with van der Waals surface area (Å²) in [7, 11) is 0. The van der Waals surface area contributed by atoms with Crippen molar-refractivity contribution in [1.82, 2.24) is 19.4 Å². The summed E-state index contributed by atoms with van der Waals surface area (Å²) in [6, 6.07) is 9.33. The van der Waals surface area contributed by atoms with Crippen LogP contribution >= 0.6 is 11.3 Å². The molecule has 10 heteroatoms. The Labute approximate surface area is 191 Å². The Kier molecular flexibility index (Phi) is 5.77. The van der Waals surface area contributed by atoms with Gasteiger partial charge in [-0.2, -0.15) is 0 Å². The summed E-state index contributed by atoms with van der Waals surface area (Å²) in [5.41, 5.74) is 0.203. The molecule has 1 aliphatic heterocycles. The van der Waals surface area contributed by atoms with Gasteiger partial charge in [-0.1, -0.05) is 12.1 Å². The molecule has 1 fully saturated rings. The Morgan fingerprint density at radius 3 is 2.79 bits per heavy atom. The Bertz CT molecular complexity index is 1450. The van der Waals surface area contributed by atoms with Gasteiger partial charge >= 0.3 is 5.69 Å². The lowest BCUT2D eigenvalue weighted by Crippen LogP contribution is -2.44. The highest BCUT2D eigenvalue weighted by Crippen LogP contribution is 2.29. The number of fused-ring (bicyclic) bond motifs is 3. The summed E-state index contributed by atoms with van der Waals surface area (Å²) in [4.78, 5) is 44.4. The van der Waals surface area contributed by atoms with Gasteiger partial charge in [-0.05, 0) is 42.7 Å². The average molecular weight is 469 g/mol. The van der Waals surface area contributed by atoms with Crippen LogP contribution in [0.25, 0.3) is 20.4 Å². The number of rotatable bonds is 6. The van der Waals surface area contributed by atoms with Crippen molar-refractivity contribution in [3.63, 3.8) is 0 Å². The lowest BCUT2D eigenvalue weighted by Gasteiger charge is -2.15. The standard InChI is InChI=1S/C23H21FN4O4S/c24-15-7-5-14(6-8-15)11-26-18(29)13-27-19-17-4-1-9-25-21(17)33-20(19)22(30)28(23(27)31)12-16-3-2-10-32-16/h1,4-9,16H,2-3,10-13H2,(H,26,29)/t16-/m0/s1. The second kappa shape index (κ2) is 8.87. The zero-order valence-corrected chi connectivity index (χ0v) is 18.4. The number of nitrogens with zero attached hydrogens (tertiary/aromatic N) is 3. The van der Waals surface area contributed by atoms with Crippen molar-refractivity contribution >= 4 is 37.7 Å². The summed E-state index contributed by atoms with van der Waals surface area (Å²) in [6.45, 7) is 0.683. The van der Waals surface area contributed by atoms with E-state index in [1.54, 1.807) is 30.5 Å². The lowest BCUT2D eigenvalue weighted by molar-refractivity contribution is -0.121. The molecule has 8 nitrogen and oxygen atoms in total. The Hall–Kier alpha value is -3.37. The molecule has 4 heterocycles. The number of thiophene rings is 1. The smallest absolute Gasteiger partial charge is 0.332 e. The largest absolute Gasteiger partial charge is 0.376 e. The van der Waals surface area contributed by atoms with Crippen molar-refractivity contribution in [2.24, 2.45) is 0 Å². The van der Waals surface area contributed by atoms with Crippen molar-refractivity contribution < 1.29 is 13.9 Å². The van der Waals surface area contributed by atoms with Crippen LogP contribution in [0.1, 0.15) is 18.4 Å². The maximum atomic E-state index is 13.4. The Balaban J connectivity index is 1.53. The molecule has 170 valence electrons. The van der Waals surface area contributed by atoms with Gasteiger partial charge in [0.05, 0.1) is 18.2 Å². The first-order chi connectivity index (χ1) is 16.0. The van der Waals surface area contributed by atoms with Gasteiger partial charge < -0.3 is 10.1 Å². The SMILES string of the molecule is O=C(Cn1c(=O)n(C[C@@H]2CCCO2)c(=O)c2sc3ncccc3c21)NCc1ccc(F)cc1. The molecule has 0 radical (unpaired) electrons. The third-order valence-corrected chi connectivity index (χ3v) is 6.82. The molecule has 1 saturated heterocycles. The van der Waals surface area contributed by atoms with Crippen molar-refractivity contribution in [3.05, 3.63) is 74.8 Å². The zero-order valence-electron chi connectivity index (χ0n) is 17.6. The average Bonchev–Trinajstić information content (AvgIpc) is 3.47. The van der Waals surface area contributed by atoms with Crippen LogP contribution in [0.2, 0.25) is 0 Å². The lowest BCUT2D eigenvalue weighted by atomic mass is 10.2. The molecule has 1 aliphatic rings. The van der Waals surface area contributed by atoms with Crippen molar-refractivity contribution in [2.45, 2.75) is 38.6 Å². The fourth-order valence-corrected chi connectivity index (χ4v) is 5.18. The van der Waals surface area contributed by atoms with Crippen molar-refractivity contribution in [2.75, 3.05) is 6.61 Å². The highest BCUT2D eigenvalue weighted by atomic mass is 32.1. The van der Waals surface area contributed by atoms with E-state index in [1.807, 2.05) is 0 Å². The topological polar surface area (TPSA) is 95.2 Å².